The Bertz CT molecular complexity index is 255. The number of hydrogen-bond donors (Lipinski definition) is 1. The Morgan fingerprint density at radius 3 is 1.87 bits per heavy atom. The number of rotatable bonds is 3. The van der Waals surface area contributed by atoms with Crippen LogP contribution in [0.3, 0.4) is 0 Å². The van der Waals surface area contributed by atoms with Gasteiger partial charge in [-0.15, -0.1) is 0 Å². The minimum absolute atomic E-state index is 0.00630. The van der Waals surface area contributed by atoms with E-state index in [2.05, 4.69) is 0 Å². The summed E-state index contributed by atoms with van der Waals surface area (Å²) in [7, 11) is 1.65. The van der Waals surface area contributed by atoms with Gasteiger partial charge in [0.2, 0.25) is 5.91 Å². The number of amides is 1. The highest BCUT2D eigenvalue weighted by Gasteiger charge is 2.31. The van der Waals surface area contributed by atoms with Gasteiger partial charge in [-0.05, 0) is 19.3 Å². The lowest BCUT2D eigenvalue weighted by molar-refractivity contribution is -0.151. The molecule has 4 heteroatoms. The van der Waals surface area contributed by atoms with E-state index < -0.39 is 11.9 Å². The van der Waals surface area contributed by atoms with Crippen molar-refractivity contribution in [1.29, 1.82) is 0 Å². The Hall–Kier alpha value is -1.06. The molecule has 0 saturated carbocycles. The summed E-state index contributed by atoms with van der Waals surface area (Å²) in [5, 5.41) is 8.74. The topological polar surface area (TPSA) is 57.6 Å². The number of carbonyl (C=O) groups excluding carboxylic acids is 1. The molecule has 15 heavy (non-hydrogen) atoms. The molecule has 0 spiro atoms. The van der Waals surface area contributed by atoms with Crippen molar-refractivity contribution in [3.05, 3.63) is 0 Å². The van der Waals surface area contributed by atoms with Gasteiger partial charge >= 0.3 is 5.97 Å². The maximum atomic E-state index is 11.7. The number of carboxylic acid groups (broad SMARTS) is 1. The van der Waals surface area contributed by atoms with Gasteiger partial charge in [0.25, 0.3) is 0 Å². The molecule has 88 valence electrons. The van der Waals surface area contributed by atoms with E-state index in [9.17, 15) is 9.59 Å². The SMILES string of the molecule is CC(C(=O)O)C(=O)N(C)C(C)C(C)(C)C. The first-order valence-corrected chi connectivity index (χ1v) is 5.08. The average molecular weight is 215 g/mol. The molecular weight excluding hydrogens is 194 g/mol. The highest BCUT2D eigenvalue weighted by Crippen LogP contribution is 2.23. The largest absolute Gasteiger partial charge is 0.481 e. The maximum absolute atomic E-state index is 11.7. The second-order valence-electron chi connectivity index (χ2n) is 5.05. The Morgan fingerprint density at radius 2 is 1.60 bits per heavy atom. The molecule has 0 radical (unpaired) electrons. The Balaban J connectivity index is 4.66. The van der Waals surface area contributed by atoms with Gasteiger partial charge in [-0.25, -0.2) is 0 Å². The van der Waals surface area contributed by atoms with E-state index in [4.69, 9.17) is 5.11 Å². The zero-order valence-electron chi connectivity index (χ0n) is 10.4. The molecule has 0 aliphatic carbocycles. The highest BCUT2D eigenvalue weighted by atomic mass is 16.4. The van der Waals surface area contributed by atoms with Gasteiger partial charge in [0, 0.05) is 13.1 Å². The summed E-state index contributed by atoms with van der Waals surface area (Å²) in [5.74, 6) is -2.39. The van der Waals surface area contributed by atoms with Gasteiger partial charge < -0.3 is 10.0 Å². The minimum Gasteiger partial charge on any atom is -0.481 e. The lowest BCUT2D eigenvalue weighted by Gasteiger charge is -2.36. The summed E-state index contributed by atoms with van der Waals surface area (Å²) < 4.78 is 0. The summed E-state index contributed by atoms with van der Waals surface area (Å²) in [4.78, 5) is 23.9. The van der Waals surface area contributed by atoms with Crippen LogP contribution in [0.5, 0.6) is 0 Å². The van der Waals surface area contributed by atoms with Crippen LogP contribution < -0.4 is 0 Å². The first-order valence-electron chi connectivity index (χ1n) is 5.08. The Labute approximate surface area is 91.3 Å². The third kappa shape index (κ3) is 3.53. The van der Waals surface area contributed by atoms with Crippen molar-refractivity contribution in [2.24, 2.45) is 11.3 Å². The molecule has 4 nitrogen and oxygen atoms in total. The molecule has 0 bridgehead atoms. The van der Waals surface area contributed by atoms with Crippen molar-refractivity contribution in [1.82, 2.24) is 4.90 Å². The number of carbonyl (C=O) groups is 2. The third-order valence-electron chi connectivity index (χ3n) is 2.92. The normalized spacial score (nSPS) is 15.6. The van der Waals surface area contributed by atoms with E-state index in [-0.39, 0.29) is 17.4 Å². The second kappa shape index (κ2) is 4.64. The molecule has 0 heterocycles. The van der Waals surface area contributed by atoms with Crippen molar-refractivity contribution in [2.45, 2.75) is 40.7 Å². The van der Waals surface area contributed by atoms with Crippen molar-refractivity contribution in [3.63, 3.8) is 0 Å². The summed E-state index contributed by atoms with van der Waals surface area (Å²) in [6.45, 7) is 9.40. The van der Waals surface area contributed by atoms with Crippen molar-refractivity contribution >= 4 is 11.9 Å². The molecule has 0 rings (SSSR count). The van der Waals surface area contributed by atoms with Gasteiger partial charge in [0.05, 0.1) is 0 Å². The fraction of sp³-hybridized carbons (Fsp3) is 0.818. The molecule has 0 aliphatic heterocycles. The number of hydrogen-bond acceptors (Lipinski definition) is 2. The van der Waals surface area contributed by atoms with E-state index in [1.54, 1.807) is 7.05 Å². The van der Waals surface area contributed by atoms with Gasteiger partial charge in [0.1, 0.15) is 5.92 Å². The fourth-order valence-electron chi connectivity index (χ4n) is 1.18. The standard InChI is InChI=1S/C11H21NO3/c1-7(10(14)15)9(13)12(6)8(2)11(3,4)5/h7-8H,1-6H3,(H,14,15). The van der Waals surface area contributed by atoms with Crippen molar-refractivity contribution in [2.75, 3.05) is 7.05 Å². The average Bonchev–Trinajstić information content (AvgIpc) is 2.11. The Morgan fingerprint density at radius 1 is 1.20 bits per heavy atom. The molecular formula is C11H21NO3. The Kier molecular flexibility index (Phi) is 4.31. The first-order chi connectivity index (χ1) is 6.59. The zero-order valence-corrected chi connectivity index (χ0v) is 10.4. The molecule has 0 aromatic rings. The van der Waals surface area contributed by atoms with Crippen LogP contribution in [0.15, 0.2) is 0 Å². The van der Waals surface area contributed by atoms with Crippen LogP contribution in [-0.2, 0) is 9.59 Å². The van der Waals surface area contributed by atoms with Gasteiger partial charge in [-0.1, -0.05) is 20.8 Å². The number of aliphatic carboxylic acids is 1. The second-order valence-corrected chi connectivity index (χ2v) is 5.05. The van der Waals surface area contributed by atoms with Gasteiger partial charge in [0.15, 0.2) is 0 Å². The molecule has 2 unspecified atom stereocenters. The molecule has 0 aromatic carbocycles. The van der Waals surface area contributed by atoms with Crippen LogP contribution in [0.1, 0.15) is 34.6 Å². The molecule has 0 aromatic heterocycles. The molecule has 0 fully saturated rings. The van der Waals surface area contributed by atoms with Crippen LogP contribution in [0.2, 0.25) is 0 Å². The predicted molar refractivity (Wildman–Crippen MR) is 58.5 cm³/mol. The van der Waals surface area contributed by atoms with Crippen LogP contribution in [-0.4, -0.2) is 35.0 Å². The number of nitrogens with zero attached hydrogens (tertiary/aromatic N) is 1. The first kappa shape index (κ1) is 13.9. The van der Waals surface area contributed by atoms with E-state index in [1.807, 2.05) is 27.7 Å². The fourth-order valence-corrected chi connectivity index (χ4v) is 1.18. The summed E-state index contributed by atoms with van der Waals surface area (Å²) in [6.07, 6.45) is 0. The quantitative estimate of drug-likeness (QED) is 0.727. The molecule has 2 atom stereocenters. The number of carboxylic acids is 1. The van der Waals surface area contributed by atoms with Crippen molar-refractivity contribution in [3.8, 4) is 0 Å². The predicted octanol–water partition coefficient (Wildman–Crippen LogP) is 1.60. The molecule has 1 N–H and O–H groups in total. The summed E-state index contributed by atoms with van der Waals surface area (Å²) >= 11 is 0. The van der Waals surface area contributed by atoms with Gasteiger partial charge in [-0.3, -0.25) is 9.59 Å². The highest BCUT2D eigenvalue weighted by molar-refractivity contribution is 5.96. The lowest BCUT2D eigenvalue weighted by Crippen LogP contribution is -2.46. The van der Waals surface area contributed by atoms with Crippen molar-refractivity contribution < 1.29 is 14.7 Å². The van der Waals surface area contributed by atoms with E-state index in [0.717, 1.165) is 0 Å². The van der Waals surface area contributed by atoms with Crippen LogP contribution in [0.4, 0.5) is 0 Å². The van der Waals surface area contributed by atoms with Crippen LogP contribution in [0.25, 0.3) is 0 Å². The molecule has 0 saturated heterocycles. The summed E-state index contributed by atoms with van der Waals surface area (Å²) in [6, 6.07) is 0.00630. The van der Waals surface area contributed by atoms with E-state index in [1.165, 1.54) is 11.8 Å². The molecule has 0 aliphatic rings. The smallest absolute Gasteiger partial charge is 0.315 e. The minimum atomic E-state index is -1.08. The maximum Gasteiger partial charge on any atom is 0.315 e. The molecule has 1 amide bonds. The van der Waals surface area contributed by atoms with Crippen LogP contribution >= 0.6 is 0 Å². The third-order valence-corrected chi connectivity index (χ3v) is 2.92. The van der Waals surface area contributed by atoms with E-state index in [0.29, 0.717) is 0 Å². The monoisotopic (exact) mass is 215 g/mol. The summed E-state index contributed by atoms with van der Waals surface area (Å²) in [5.41, 5.74) is -0.0529. The van der Waals surface area contributed by atoms with E-state index >= 15 is 0 Å². The van der Waals surface area contributed by atoms with Gasteiger partial charge in [-0.2, -0.15) is 0 Å². The zero-order chi connectivity index (χ0) is 12.4. The van der Waals surface area contributed by atoms with Crippen LogP contribution in [0, 0.1) is 11.3 Å². The lowest BCUT2D eigenvalue weighted by atomic mass is 9.86.